The van der Waals surface area contributed by atoms with Crippen LogP contribution in [0, 0.1) is 17.0 Å². The molecule has 0 N–H and O–H groups in total. The second kappa shape index (κ2) is 7.89. The molecule has 7 nitrogen and oxygen atoms in total. The van der Waals surface area contributed by atoms with E-state index in [4.69, 9.17) is 16.3 Å². The summed E-state index contributed by atoms with van der Waals surface area (Å²) in [6.45, 7) is 3.44. The Morgan fingerprint density at radius 3 is 2.52 bits per heavy atom. The van der Waals surface area contributed by atoms with Crippen LogP contribution in [0.1, 0.15) is 18.1 Å². The van der Waals surface area contributed by atoms with Crippen LogP contribution >= 0.6 is 11.6 Å². The SMILES string of the molecule is COC(=O)C1=C(C)N(c2ccc(C)c(Cl)c2)C(=O)/C1=C\c1ccccc1[N+](=O)[O-]. The average molecular weight is 413 g/mol. The van der Waals surface area contributed by atoms with Gasteiger partial charge in [0.05, 0.1) is 34.4 Å². The van der Waals surface area contributed by atoms with E-state index in [-0.39, 0.29) is 22.4 Å². The van der Waals surface area contributed by atoms with Gasteiger partial charge < -0.3 is 4.74 Å². The molecule has 0 aromatic heterocycles. The Balaban J connectivity index is 2.20. The molecule has 0 bridgehead atoms. The van der Waals surface area contributed by atoms with Crippen LogP contribution in [0.2, 0.25) is 5.02 Å². The summed E-state index contributed by atoms with van der Waals surface area (Å²) in [6.07, 6.45) is 1.34. The minimum absolute atomic E-state index is 0.0142. The summed E-state index contributed by atoms with van der Waals surface area (Å²) >= 11 is 6.20. The summed E-state index contributed by atoms with van der Waals surface area (Å²) in [5, 5.41) is 11.8. The fourth-order valence-electron chi connectivity index (χ4n) is 3.14. The third-order valence-corrected chi connectivity index (χ3v) is 5.04. The molecule has 2 aromatic carbocycles. The van der Waals surface area contributed by atoms with Gasteiger partial charge in [-0.25, -0.2) is 4.79 Å². The van der Waals surface area contributed by atoms with Crippen molar-refractivity contribution < 1.29 is 19.2 Å². The third kappa shape index (κ3) is 3.64. The third-order valence-electron chi connectivity index (χ3n) is 4.64. The molecule has 0 fully saturated rings. The van der Waals surface area contributed by atoms with Gasteiger partial charge in [-0.3, -0.25) is 19.8 Å². The molecule has 148 valence electrons. The van der Waals surface area contributed by atoms with E-state index in [9.17, 15) is 19.7 Å². The first kappa shape index (κ1) is 20.3. The molecular formula is C21H17ClN2O5. The fraction of sp³-hybridized carbons (Fsp3) is 0.143. The van der Waals surface area contributed by atoms with Gasteiger partial charge >= 0.3 is 5.97 Å². The number of methoxy groups -OCH3 is 1. The van der Waals surface area contributed by atoms with E-state index in [0.717, 1.165) is 5.56 Å². The topological polar surface area (TPSA) is 89.8 Å². The van der Waals surface area contributed by atoms with Gasteiger partial charge in [-0.2, -0.15) is 0 Å². The van der Waals surface area contributed by atoms with Gasteiger partial charge in [-0.1, -0.05) is 29.8 Å². The number of halogens is 1. The van der Waals surface area contributed by atoms with Gasteiger partial charge in [0.1, 0.15) is 0 Å². The second-order valence-corrected chi connectivity index (χ2v) is 6.81. The lowest BCUT2D eigenvalue weighted by Crippen LogP contribution is -2.24. The van der Waals surface area contributed by atoms with Crippen LogP contribution in [-0.2, 0) is 14.3 Å². The highest BCUT2D eigenvalue weighted by atomic mass is 35.5. The number of nitro groups is 1. The Hall–Kier alpha value is -3.45. The molecule has 0 saturated carbocycles. The number of carbonyl (C=O) groups excluding carboxylic acids is 2. The maximum absolute atomic E-state index is 13.2. The second-order valence-electron chi connectivity index (χ2n) is 6.40. The minimum Gasteiger partial charge on any atom is -0.465 e. The van der Waals surface area contributed by atoms with Crippen LogP contribution in [0.15, 0.2) is 59.3 Å². The standard InChI is InChI=1S/C21H17ClN2O5/c1-12-8-9-15(11-17(12)22)23-13(2)19(21(26)29-3)16(20(23)25)10-14-6-4-5-7-18(14)24(27)28/h4-11H,1-3H3/b16-10-. The number of esters is 1. The van der Waals surface area contributed by atoms with Crippen LogP contribution in [0.4, 0.5) is 11.4 Å². The van der Waals surface area contributed by atoms with E-state index in [2.05, 4.69) is 0 Å². The largest absolute Gasteiger partial charge is 0.465 e. The molecule has 8 heteroatoms. The Morgan fingerprint density at radius 1 is 1.21 bits per heavy atom. The van der Waals surface area contributed by atoms with Crippen LogP contribution in [0.5, 0.6) is 0 Å². The van der Waals surface area contributed by atoms with Crippen molar-refractivity contribution in [2.24, 2.45) is 0 Å². The van der Waals surface area contributed by atoms with E-state index in [0.29, 0.717) is 16.4 Å². The summed E-state index contributed by atoms with van der Waals surface area (Å²) in [5.74, 6) is -1.21. The summed E-state index contributed by atoms with van der Waals surface area (Å²) < 4.78 is 4.85. The molecule has 0 atom stereocenters. The number of hydrogen-bond acceptors (Lipinski definition) is 5. The first-order valence-corrected chi connectivity index (χ1v) is 8.99. The van der Waals surface area contributed by atoms with Gasteiger partial charge in [0.2, 0.25) is 0 Å². The lowest BCUT2D eigenvalue weighted by atomic mass is 10.0. The average Bonchev–Trinajstić information content (AvgIpc) is 2.93. The predicted molar refractivity (Wildman–Crippen MR) is 109 cm³/mol. The van der Waals surface area contributed by atoms with Crippen LogP contribution in [0.3, 0.4) is 0 Å². The number of benzene rings is 2. The fourth-order valence-corrected chi connectivity index (χ4v) is 3.32. The molecule has 29 heavy (non-hydrogen) atoms. The number of ether oxygens (including phenoxy) is 1. The summed E-state index contributed by atoms with van der Waals surface area (Å²) in [5.41, 5.74) is 1.77. The van der Waals surface area contributed by atoms with Gasteiger partial charge in [0, 0.05) is 16.8 Å². The molecule has 1 amide bonds. The number of anilines is 1. The summed E-state index contributed by atoms with van der Waals surface area (Å²) in [4.78, 5) is 37.8. The highest BCUT2D eigenvalue weighted by Gasteiger charge is 2.38. The van der Waals surface area contributed by atoms with E-state index in [1.807, 2.05) is 6.92 Å². The number of para-hydroxylation sites is 1. The number of allylic oxidation sites excluding steroid dienone is 1. The zero-order valence-electron chi connectivity index (χ0n) is 15.9. The number of rotatable bonds is 4. The number of carbonyl (C=O) groups is 2. The Bertz CT molecular complexity index is 1100. The quantitative estimate of drug-likeness (QED) is 0.320. The van der Waals surface area contributed by atoms with E-state index in [1.54, 1.807) is 31.2 Å². The Kier molecular flexibility index (Phi) is 5.52. The first-order valence-electron chi connectivity index (χ1n) is 8.61. The smallest absolute Gasteiger partial charge is 0.340 e. The lowest BCUT2D eigenvalue weighted by molar-refractivity contribution is -0.385. The molecule has 1 aliphatic heterocycles. The molecule has 0 radical (unpaired) electrons. The molecule has 3 rings (SSSR count). The van der Waals surface area contributed by atoms with Crippen molar-refractivity contribution in [2.75, 3.05) is 12.0 Å². The van der Waals surface area contributed by atoms with Crippen molar-refractivity contribution in [2.45, 2.75) is 13.8 Å². The highest BCUT2D eigenvalue weighted by Crippen LogP contribution is 2.37. The van der Waals surface area contributed by atoms with Crippen molar-refractivity contribution in [3.63, 3.8) is 0 Å². The number of aryl methyl sites for hydroxylation is 1. The molecule has 1 aliphatic rings. The summed E-state index contributed by atoms with van der Waals surface area (Å²) in [6, 6.07) is 11.1. The van der Waals surface area contributed by atoms with E-state index >= 15 is 0 Å². The van der Waals surface area contributed by atoms with Crippen molar-refractivity contribution in [3.8, 4) is 0 Å². The summed E-state index contributed by atoms with van der Waals surface area (Å²) in [7, 11) is 1.21. The van der Waals surface area contributed by atoms with Gasteiger partial charge in [0.25, 0.3) is 11.6 Å². The van der Waals surface area contributed by atoms with Crippen LogP contribution in [0.25, 0.3) is 6.08 Å². The molecule has 2 aromatic rings. The Morgan fingerprint density at radius 2 is 1.90 bits per heavy atom. The van der Waals surface area contributed by atoms with Crippen molar-refractivity contribution >= 4 is 40.9 Å². The number of amides is 1. The van der Waals surface area contributed by atoms with Gasteiger partial charge in [-0.05, 0) is 43.7 Å². The zero-order valence-corrected chi connectivity index (χ0v) is 16.7. The number of hydrogen-bond donors (Lipinski definition) is 0. The van der Waals surface area contributed by atoms with Gasteiger partial charge in [0.15, 0.2) is 0 Å². The van der Waals surface area contributed by atoms with E-state index < -0.39 is 16.8 Å². The normalized spacial score (nSPS) is 15.2. The molecule has 1 heterocycles. The Labute approximate surface area is 172 Å². The van der Waals surface area contributed by atoms with Gasteiger partial charge in [-0.15, -0.1) is 0 Å². The number of nitro benzene ring substituents is 1. The van der Waals surface area contributed by atoms with Crippen molar-refractivity contribution in [1.29, 1.82) is 0 Å². The lowest BCUT2D eigenvalue weighted by Gasteiger charge is -2.18. The zero-order chi connectivity index (χ0) is 21.3. The van der Waals surface area contributed by atoms with Crippen LogP contribution < -0.4 is 4.90 Å². The molecule has 0 unspecified atom stereocenters. The monoisotopic (exact) mass is 412 g/mol. The molecule has 0 spiro atoms. The van der Waals surface area contributed by atoms with Crippen molar-refractivity contribution in [3.05, 3.63) is 85.6 Å². The number of nitrogens with zero attached hydrogens (tertiary/aromatic N) is 2. The maximum Gasteiger partial charge on any atom is 0.340 e. The first-order chi connectivity index (χ1) is 13.8. The van der Waals surface area contributed by atoms with E-state index in [1.165, 1.54) is 36.3 Å². The van der Waals surface area contributed by atoms with Crippen molar-refractivity contribution in [1.82, 2.24) is 0 Å². The molecular weight excluding hydrogens is 396 g/mol. The molecule has 0 saturated heterocycles. The predicted octanol–water partition coefficient (Wildman–Crippen LogP) is 4.43. The maximum atomic E-state index is 13.2. The molecule has 0 aliphatic carbocycles. The minimum atomic E-state index is -0.707. The van der Waals surface area contributed by atoms with Crippen LogP contribution in [-0.4, -0.2) is 23.9 Å². The highest BCUT2D eigenvalue weighted by molar-refractivity contribution is 6.32.